The van der Waals surface area contributed by atoms with Gasteiger partial charge in [-0.3, -0.25) is 0 Å². The van der Waals surface area contributed by atoms with Gasteiger partial charge in [-0.25, -0.2) is 4.98 Å². The summed E-state index contributed by atoms with van der Waals surface area (Å²) < 4.78 is 14.6. The van der Waals surface area contributed by atoms with Crippen LogP contribution in [0.5, 0.6) is 11.5 Å². The van der Waals surface area contributed by atoms with Gasteiger partial charge in [-0.15, -0.1) is 0 Å². The molecule has 0 spiro atoms. The molecule has 0 aliphatic heterocycles. The van der Waals surface area contributed by atoms with Crippen molar-refractivity contribution in [2.75, 3.05) is 6.61 Å². The van der Waals surface area contributed by atoms with Crippen LogP contribution in [-0.2, 0) is 6.54 Å². The van der Waals surface area contributed by atoms with Crippen molar-refractivity contribution in [1.82, 2.24) is 9.55 Å². The highest BCUT2D eigenvalue weighted by molar-refractivity contribution is 5.76. The lowest BCUT2D eigenvalue weighted by Gasteiger charge is -2.19. The van der Waals surface area contributed by atoms with Crippen LogP contribution in [0.15, 0.2) is 78.9 Å². The molecule has 1 unspecified atom stereocenters. The number of rotatable bonds is 10. The van der Waals surface area contributed by atoms with Gasteiger partial charge in [0.15, 0.2) is 11.9 Å². The molecule has 0 aliphatic rings. The van der Waals surface area contributed by atoms with Crippen LogP contribution in [0.1, 0.15) is 43.7 Å². The Hall–Kier alpha value is -3.27. The summed E-state index contributed by atoms with van der Waals surface area (Å²) in [5.74, 6) is 2.84. The first kappa shape index (κ1) is 21.0. The lowest BCUT2D eigenvalue weighted by Crippen LogP contribution is -2.14. The zero-order chi connectivity index (χ0) is 21.5. The van der Waals surface area contributed by atoms with Crippen molar-refractivity contribution in [2.24, 2.45) is 0 Å². The number of para-hydroxylation sites is 4. The van der Waals surface area contributed by atoms with Gasteiger partial charge in [0.1, 0.15) is 11.5 Å². The number of nitrogens with zero attached hydrogens (tertiary/aromatic N) is 2. The molecule has 160 valence electrons. The van der Waals surface area contributed by atoms with Crippen LogP contribution in [-0.4, -0.2) is 16.2 Å². The first-order valence-electron chi connectivity index (χ1n) is 11.1. The van der Waals surface area contributed by atoms with Crippen molar-refractivity contribution in [3.05, 3.63) is 90.3 Å². The summed E-state index contributed by atoms with van der Waals surface area (Å²) in [4.78, 5) is 4.94. The molecule has 0 aliphatic carbocycles. The number of imidazole rings is 1. The van der Waals surface area contributed by atoms with Crippen molar-refractivity contribution in [2.45, 2.75) is 45.8 Å². The van der Waals surface area contributed by atoms with Gasteiger partial charge in [-0.05, 0) is 62.1 Å². The number of aryl methyl sites for hydroxylation is 2. The van der Waals surface area contributed by atoms with Crippen LogP contribution in [0, 0.1) is 6.92 Å². The minimum absolute atomic E-state index is 0.0852. The molecule has 0 radical (unpaired) electrons. The van der Waals surface area contributed by atoms with Crippen molar-refractivity contribution in [3.8, 4) is 11.5 Å². The van der Waals surface area contributed by atoms with Crippen molar-refractivity contribution < 1.29 is 9.47 Å². The maximum Gasteiger partial charge on any atom is 0.156 e. The van der Waals surface area contributed by atoms with Gasteiger partial charge in [-0.1, -0.05) is 55.5 Å². The second kappa shape index (κ2) is 10.2. The third kappa shape index (κ3) is 5.08. The number of unbranched alkanes of at least 4 members (excludes halogenated alkanes) is 1. The van der Waals surface area contributed by atoms with E-state index >= 15 is 0 Å². The number of hydrogen-bond acceptors (Lipinski definition) is 3. The minimum Gasteiger partial charge on any atom is -0.493 e. The molecule has 0 saturated heterocycles. The Balaban J connectivity index is 1.46. The molecule has 1 atom stereocenters. The summed E-state index contributed by atoms with van der Waals surface area (Å²) >= 11 is 0. The Kier molecular flexibility index (Phi) is 6.88. The summed E-state index contributed by atoms with van der Waals surface area (Å²) in [6.45, 7) is 5.83. The number of aromatic nitrogens is 2. The van der Waals surface area contributed by atoms with Gasteiger partial charge in [0.05, 0.1) is 17.6 Å². The molecular weight excluding hydrogens is 384 g/mol. The second-order valence-electron chi connectivity index (χ2n) is 7.76. The van der Waals surface area contributed by atoms with Crippen LogP contribution in [0.3, 0.4) is 0 Å². The van der Waals surface area contributed by atoms with Gasteiger partial charge in [0.2, 0.25) is 0 Å². The summed E-state index contributed by atoms with van der Waals surface area (Å²) in [5, 5.41) is 0. The van der Waals surface area contributed by atoms with Crippen molar-refractivity contribution >= 4 is 11.0 Å². The molecule has 4 heteroatoms. The lowest BCUT2D eigenvalue weighted by molar-refractivity contribution is 0.186. The van der Waals surface area contributed by atoms with E-state index in [0.717, 1.165) is 54.2 Å². The molecule has 0 amide bonds. The molecular formula is C27H30N2O2. The monoisotopic (exact) mass is 414 g/mol. The number of fused-ring (bicyclic) bond motifs is 1. The summed E-state index contributed by atoms with van der Waals surface area (Å²) in [6, 6.07) is 26.5. The fourth-order valence-electron chi connectivity index (χ4n) is 3.83. The maximum atomic E-state index is 6.31. The highest BCUT2D eigenvalue weighted by Crippen LogP contribution is 2.28. The molecule has 0 saturated carbocycles. The molecule has 1 heterocycles. The average molecular weight is 415 g/mol. The maximum absolute atomic E-state index is 6.31. The number of hydrogen-bond donors (Lipinski definition) is 0. The topological polar surface area (TPSA) is 36.3 Å². The Bertz CT molecular complexity index is 1100. The van der Waals surface area contributed by atoms with Crippen molar-refractivity contribution in [3.63, 3.8) is 0 Å². The molecule has 3 aromatic carbocycles. The van der Waals surface area contributed by atoms with E-state index in [4.69, 9.17) is 14.5 Å². The summed E-state index contributed by atoms with van der Waals surface area (Å²) in [5.41, 5.74) is 3.35. The van der Waals surface area contributed by atoms with Gasteiger partial charge in [0, 0.05) is 6.54 Å². The van der Waals surface area contributed by atoms with E-state index in [1.54, 1.807) is 0 Å². The molecule has 0 N–H and O–H groups in total. The molecule has 4 nitrogen and oxygen atoms in total. The highest BCUT2D eigenvalue weighted by atomic mass is 16.5. The van der Waals surface area contributed by atoms with Gasteiger partial charge < -0.3 is 14.0 Å². The van der Waals surface area contributed by atoms with Crippen LogP contribution >= 0.6 is 0 Å². The quantitative estimate of drug-likeness (QED) is 0.270. The van der Waals surface area contributed by atoms with E-state index < -0.39 is 0 Å². The predicted molar refractivity (Wildman–Crippen MR) is 126 cm³/mol. The van der Waals surface area contributed by atoms with Crippen molar-refractivity contribution in [1.29, 1.82) is 0 Å². The lowest BCUT2D eigenvalue weighted by atomic mass is 10.2. The average Bonchev–Trinajstić information content (AvgIpc) is 3.17. The fourth-order valence-corrected chi connectivity index (χ4v) is 3.83. The SMILES string of the molecule is CCC(Oc1ccccc1)c1nc2ccccc2n1CCCCOc1ccccc1C. The van der Waals surface area contributed by atoms with E-state index in [1.165, 1.54) is 5.56 Å². The van der Waals surface area contributed by atoms with Crippen LogP contribution in [0.4, 0.5) is 0 Å². The molecule has 0 fully saturated rings. The van der Waals surface area contributed by atoms with E-state index in [1.807, 2.05) is 54.6 Å². The molecule has 0 bridgehead atoms. The Morgan fingerprint density at radius 3 is 2.42 bits per heavy atom. The first-order chi connectivity index (χ1) is 15.3. The van der Waals surface area contributed by atoms with E-state index in [9.17, 15) is 0 Å². The van der Waals surface area contributed by atoms with Crippen LogP contribution in [0.2, 0.25) is 0 Å². The largest absolute Gasteiger partial charge is 0.493 e. The smallest absolute Gasteiger partial charge is 0.156 e. The standard InChI is InChI=1S/C27H30N2O2/c1-3-25(31-22-14-5-4-6-15-22)27-28-23-16-8-9-17-24(23)29(27)19-11-12-20-30-26-18-10-7-13-21(26)2/h4-10,13-18,25H,3,11-12,19-20H2,1-2H3. The molecule has 4 aromatic rings. The normalized spacial score (nSPS) is 12.1. The molecule has 4 rings (SSSR count). The van der Waals surface area contributed by atoms with E-state index in [2.05, 4.69) is 42.7 Å². The zero-order valence-electron chi connectivity index (χ0n) is 18.3. The van der Waals surface area contributed by atoms with Gasteiger partial charge in [0.25, 0.3) is 0 Å². The highest BCUT2D eigenvalue weighted by Gasteiger charge is 2.20. The zero-order valence-corrected chi connectivity index (χ0v) is 18.3. The van der Waals surface area contributed by atoms with Gasteiger partial charge in [-0.2, -0.15) is 0 Å². The van der Waals surface area contributed by atoms with E-state index in [0.29, 0.717) is 6.61 Å². The van der Waals surface area contributed by atoms with Crippen LogP contribution < -0.4 is 9.47 Å². The Labute approximate surface area is 184 Å². The Morgan fingerprint density at radius 2 is 1.61 bits per heavy atom. The van der Waals surface area contributed by atoms with Crippen LogP contribution in [0.25, 0.3) is 11.0 Å². The third-order valence-electron chi connectivity index (χ3n) is 5.49. The second-order valence-corrected chi connectivity index (χ2v) is 7.76. The number of benzene rings is 3. The minimum atomic E-state index is -0.0852. The molecule has 31 heavy (non-hydrogen) atoms. The summed E-state index contributed by atoms with van der Waals surface area (Å²) in [7, 11) is 0. The Morgan fingerprint density at radius 1 is 0.871 bits per heavy atom. The van der Waals surface area contributed by atoms with E-state index in [-0.39, 0.29) is 6.10 Å². The predicted octanol–water partition coefficient (Wildman–Crippen LogP) is 6.73. The first-order valence-corrected chi connectivity index (χ1v) is 11.1. The summed E-state index contributed by atoms with van der Waals surface area (Å²) in [6.07, 6.45) is 2.77. The fraction of sp³-hybridized carbons (Fsp3) is 0.296. The number of ether oxygens (including phenoxy) is 2. The van der Waals surface area contributed by atoms with Gasteiger partial charge >= 0.3 is 0 Å². The molecule has 1 aromatic heterocycles. The third-order valence-corrected chi connectivity index (χ3v) is 5.49.